The maximum atomic E-state index is 8.73. The van der Waals surface area contributed by atoms with Gasteiger partial charge in [0.25, 0.3) is 0 Å². The van der Waals surface area contributed by atoms with Crippen LogP contribution < -0.4 is 4.74 Å². The van der Waals surface area contributed by atoms with Gasteiger partial charge in [-0.2, -0.15) is 5.26 Å². The maximum absolute atomic E-state index is 8.73. The first-order valence-corrected chi connectivity index (χ1v) is 7.29. The van der Waals surface area contributed by atoms with Crippen LogP contribution in [-0.4, -0.2) is 16.6 Å². The molecule has 0 amide bonds. The van der Waals surface area contributed by atoms with Crippen LogP contribution in [0.25, 0.3) is 11.4 Å². The fraction of sp³-hybridized carbons (Fsp3) is 0.353. The average Bonchev–Trinajstić information content (AvgIpc) is 2.55. The van der Waals surface area contributed by atoms with Gasteiger partial charge < -0.3 is 4.74 Å². The van der Waals surface area contributed by atoms with Crippen molar-refractivity contribution in [2.75, 3.05) is 6.61 Å². The second kappa shape index (κ2) is 8.01. The summed E-state index contributed by atoms with van der Waals surface area (Å²) in [5.74, 6) is 1.48. The number of benzene rings is 1. The monoisotopic (exact) mass is 281 g/mol. The van der Waals surface area contributed by atoms with Crippen LogP contribution in [0.4, 0.5) is 0 Å². The molecule has 1 aromatic carbocycles. The van der Waals surface area contributed by atoms with Crippen LogP contribution in [-0.2, 0) is 0 Å². The minimum atomic E-state index is 0.464. The lowest BCUT2D eigenvalue weighted by Crippen LogP contribution is -1.97. The lowest BCUT2D eigenvalue weighted by Gasteiger charge is -2.06. The Morgan fingerprint density at radius 1 is 1.05 bits per heavy atom. The Bertz CT molecular complexity index is 585. The van der Waals surface area contributed by atoms with Crippen molar-refractivity contribution < 1.29 is 4.74 Å². The third-order valence-electron chi connectivity index (χ3n) is 3.16. The third-order valence-corrected chi connectivity index (χ3v) is 3.16. The molecular weight excluding hydrogens is 262 g/mol. The molecule has 2 aromatic rings. The van der Waals surface area contributed by atoms with E-state index in [2.05, 4.69) is 16.9 Å². The molecule has 4 heteroatoms. The van der Waals surface area contributed by atoms with Gasteiger partial charge in [-0.05, 0) is 30.7 Å². The van der Waals surface area contributed by atoms with Crippen LogP contribution in [0, 0.1) is 11.3 Å². The molecule has 0 saturated heterocycles. The van der Waals surface area contributed by atoms with E-state index >= 15 is 0 Å². The van der Waals surface area contributed by atoms with Crippen molar-refractivity contribution in [1.29, 1.82) is 5.26 Å². The number of aromatic nitrogens is 2. The Kier molecular flexibility index (Phi) is 5.71. The number of hydrogen-bond acceptors (Lipinski definition) is 4. The van der Waals surface area contributed by atoms with Gasteiger partial charge in [0.2, 0.25) is 0 Å². The van der Waals surface area contributed by atoms with Crippen molar-refractivity contribution >= 4 is 0 Å². The summed E-state index contributed by atoms with van der Waals surface area (Å²) in [6, 6.07) is 9.73. The van der Waals surface area contributed by atoms with Crippen LogP contribution >= 0.6 is 0 Å². The van der Waals surface area contributed by atoms with Crippen molar-refractivity contribution in [3.63, 3.8) is 0 Å². The van der Waals surface area contributed by atoms with Crippen LogP contribution in [0.15, 0.2) is 36.7 Å². The summed E-state index contributed by atoms with van der Waals surface area (Å²) >= 11 is 0. The molecule has 0 spiro atoms. The summed E-state index contributed by atoms with van der Waals surface area (Å²) in [6.07, 6.45) is 7.86. The third kappa shape index (κ3) is 4.57. The Morgan fingerprint density at radius 3 is 2.38 bits per heavy atom. The SMILES string of the molecule is CCCCCCOc1ccc(-c2ncc(C#N)cn2)cc1. The van der Waals surface area contributed by atoms with Crippen LogP contribution in [0.3, 0.4) is 0 Å². The van der Waals surface area contributed by atoms with Gasteiger partial charge in [0.15, 0.2) is 5.82 Å². The van der Waals surface area contributed by atoms with E-state index in [4.69, 9.17) is 10.00 Å². The smallest absolute Gasteiger partial charge is 0.159 e. The fourth-order valence-corrected chi connectivity index (χ4v) is 1.95. The van der Waals surface area contributed by atoms with E-state index in [1.807, 2.05) is 30.3 Å². The molecule has 0 N–H and O–H groups in total. The number of nitriles is 1. The average molecular weight is 281 g/mol. The van der Waals surface area contributed by atoms with Crippen LogP contribution in [0.1, 0.15) is 38.2 Å². The highest BCUT2D eigenvalue weighted by Crippen LogP contribution is 2.19. The topological polar surface area (TPSA) is 58.8 Å². The second-order valence-electron chi connectivity index (χ2n) is 4.84. The highest BCUT2D eigenvalue weighted by molar-refractivity contribution is 5.56. The molecule has 0 radical (unpaired) electrons. The van der Waals surface area contributed by atoms with Gasteiger partial charge in [0, 0.05) is 18.0 Å². The van der Waals surface area contributed by atoms with E-state index in [-0.39, 0.29) is 0 Å². The lowest BCUT2D eigenvalue weighted by atomic mass is 10.2. The van der Waals surface area contributed by atoms with Gasteiger partial charge in [0.1, 0.15) is 11.8 Å². The molecule has 1 aromatic heterocycles. The maximum Gasteiger partial charge on any atom is 0.159 e. The number of unbranched alkanes of at least 4 members (excludes halogenated alkanes) is 3. The minimum absolute atomic E-state index is 0.464. The summed E-state index contributed by atoms with van der Waals surface area (Å²) in [6.45, 7) is 2.96. The lowest BCUT2D eigenvalue weighted by molar-refractivity contribution is 0.305. The Morgan fingerprint density at radius 2 is 1.76 bits per heavy atom. The standard InChI is InChI=1S/C17H19N3O/c1-2-3-4-5-10-21-16-8-6-15(7-9-16)17-19-12-14(11-18)13-20-17/h6-9,12-13H,2-5,10H2,1H3. The molecule has 1 heterocycles. The van der Waals surface area contributed by atoms with Crippen molar-refractivity contribution in [2.24, 2.45) is 0 Å². The zero-order valence-electron chi connectivity index (χ0n) is 12.2. The van der Waals surface area contributed by atoms with Crippen molar-refractivity contribution in [2.45, 2.75) is 32.6 Å². The molecule has 0 bridgehead atoms. The van der Waals surface area contributed by atoms with Crippen molar-refractivity contribution in [3.05, 3.63) is 42.2 Å². The number of hydrogen-bond donors (Lipinski definition) is 0. The van der Waals surface area contributed by atoms with Gasteiger partial charge in [0.05, 0.1) is 12.2 Å². The zero-order chi connectivity index (χ0) is 14.9. The van der Waals surface area contributed by atoms with Gasteiger partial charge >= 0.3 is 0 Å². The van der Waals surface area contributed by atoms with Gasteiger partial charge in [-0.1, -0.05) is 26.2 Å². The quantitative estimate of drug-likeness (QED) is 0.720. The number of ether oxygens (including phenoxy) is 1. The predicted molar refractivity (Wildman–Crippen MR) is 81.8 cm³/mol. The van der Waals surface area contributed by atoms with Crippen LogP contribution in [0.2, 0.25) is 0 Å². The zero-order valence-corrected chi connectivity index (χ0v) is 12.2. The number of rotatable bonds is 7. The molecule has 0 unspecified atom stereocenters. The second-order valence-corrected chi connectivity index (χ2v) is 4.84. The molecule has 0 aliphatic carbocycles. The summed E-state index contributed by atoms with van der Waals surface area (Å²) in [4.78, 5) is 8.34. The normalized spacial score (nSPS) is 10.1. The van der Waals surface area contributed by atoms with E-state index in [0.29, 0.717) is 11.4 Å². The summed E-state index contributed by atoms with van der Waals surface area (Å²) in [5, 5.41) is 8.73. The van der Waals surface area contributed by atoms with Crippen molar-refractivity contribution in [3.8, 4) is 23.2 Å². The van der Waals surface area contributed by atoms with Gasteiger partial charge in [-0.15, -0.1) is 0 Å². The molecule has 4 nitrogen and oxygen atoms in total. The van der Waals surface area contributed by atoms with E-state index in [1.165, 1.54) is 31.7 Å². The molecule has 0 atom stereocenters. The molecule has 2 rings (SSSR count). The molecule has 0 aliphatic heterocycles. The molecule has 0 saturated carbocycles. The highest BCUT2D eigenvalue weighted by atomic mass is 16.5. The van der Waals surface area contributed by atoms with E-state index in [1.54, 1.807) is 0 Å². The summed E-state index contributed by atoms with van der Waals surface area (Å²) in [7, 11) is 0. The fourth-order valence-electron chi connectivity index (χ4n) is 1.95. The van der Waals surface area contributed by atoms with Gasteiger partial charge in [-0.3, -0.25) is 0 Å². The van der Waals surface area contributed by atoms with E-state index in [9.17, 15) is 0 Å². The molecular formula is C17H19N3O. The van der Waals surface area contributed by atoms with E-state index < -0.39 is 0 Å². The Balaban J connectivity index is 1.90. The van der Waals surface area contributed by atoms with Crippen LogP contribution in [0.5, 0.6) is 5.75 Å². The highest BCUT2D eigenvalue weighted by Gasteiger charge is 2.02. The first kappa shape index (κ1) is 15.0. The Hall–Kier alpha value is -2.41. The molecule has 108 valence electrons. The first-order valence-electron chi connectivity index (χ1n) is 7.29. The molecule has 21 heavy (non-hydrogen) atoms. The number of nitrogens with zero attached hydrogens (tertiary/aromatic N) is 3. The van der Waals surface area contributed by atoms with Gasteiger partial charge in [-0.25, -0.2) is 9.97 Å². The predicted octanol–water partition coefficient (Wildman–Crippen LogP) is 3.97. The molecule has 0 fully saturated rings. The summed E-state index contributed by atoms with van der Waals surface area (Å²) in [5.41, 5.74) is 1.38. The van der Waals surface area contributed by atoms with Crippen molar-refractivity contribution in [1.82, 2.24) is 9.97 Å². The minimum Gasteiger partial charge on any atom is -0.494 e. The largest absolute Gasteiger partial charge is 0.494 e. The first-order chi connectivity index (χ1) is 10.3. The summed E-state index contributed by atoms with van der Waals surface area (Å²) < 4.78 is 5.70. The molecule has 0 aliphatic rings. The van der Waals surface area contributed by atoms with E-state index in [0.717, 1.165) is 24.3 Å². The Labute approximate surface area is 125 Å².